The molecule has 1 fully saturated rings. The summed E-state index contributed by atoms with van der Waals surface area (Å²) >= 11 is 0. The van der Waals surface area contributed by atoms with Crippen LogP contribution in [-0.2, 0) is 4.74 Å². The Kier molecular flexibility index (Phi) is 4.93. The minimum absolute atomic E-state index is 0.137. The Bertz CT molecular complexity index is 787. The average molecular weight is 354 g/mol. The summed E-state index contributed by atoms with van der Waals surface area (Å²) in [5.41, 5.74) is 2.28. The molecular weight excluding hydrogens is 332 g/mol. The normalized spacial score (nSPS) is 16.7. The standard InChI is InChI=1S/C20H22N2O4/c23-20(16-4-1-2-5-17(16)22-8-12-24-13-9-22)21-15-6-7-18-19(14-15)26-11-3-10-25-18/h1-2,4-7,14H,3,8-13H2,(H,21,23). The van der Waals surface area contributed by atoms with Crippen LogP contribution in [0, 0.1) is 0 Å². The van der Waals surface area contributed by atoms with E-state index in [1.807, 2.05) is 42.5 Å². The number of hydrogen-bond acceptors (Lipinski definition) is 5. The number of carbonyl (C=O) groups excluding carboxylic acids is 1. The van der Waals surface area contributed by atoms with Crippen LogP contribution < -0.4 is 19.7 Å². The number of rotatable bonds is 3. The van der Waals surface area contributed by atoms with E-state index in [0.29, 0.717) is 49.2 Å². The van der Waals surface area contributed by atoms with E-state index in [4.69, 9.17) is 14.2 Å². The van der Waals surface area contributed by atoms with E-state index in [1.165, 1.54) is 0 Å². The number of anilines is 2. The van der Waals surface area contributed by atoms with Crippen LogP contribution >= 0.6 is 0 Å². The highest BCUT2D eigenvalue weighted by Crippen LogP contribution is 2.32. The van der Waals surface area contributed by atoms with Crippen LogP contribution in [0.2, 0.25) is 0 Å². The lowest BCUT2D eigenvalue weighted by atomic mass is 10.1. The number of para-hydroxylation sites is 1. The van der Waals surface area contributed by atoms with Crippen molar-refractivity contribution >= 4 is 17.3 Å². The molecule has 2 aromatic rings. The lowest BCUT2D eigenvalue weighted by Gasteiger charge is -2.30. The summed E-state index contributed by atoms with van der Waals surface area (Å²) in [5, 5.41) is 2.98. The fraction of sp³-hybridized carbons (Fsp3) is 0.350. The molecule has 1 amide bonds. The molecule has 26 heavy (non-hydrogen) atoms. The van der Waals surface area contributed by atoms with Crippen molar-refractivity contribution < 1.29 is 19.0 Å². The molecule has 0 aromatic heterocycles. The lowest BCUT2D eigenvalue weighted by Crippen LogP contribution is -2.37. The van der Waals surface area contributed by atoms with Gasteiger partial charge in [0.1, 0.15) is 0 Å². The Morgan fingerprint density at radius 3 is 2.54 bits per heavy atom. The van der Waals surface area contributed by atoms with Gasteiger partial charge in [-0.15, -0.1) is 0 Å². The van der Waals surface area contributed by atoms with Crippen molar-refractivity contribution in [3.8, 4) is 11.5 Å². The zero-order valence-corrected chi connectivity index (χ0v) is 14.6. The van der Waals surface area contributed by atoms with Gasteiger partial charge in [0.25, 0.3) is 5.91 Å². The van der Waals surface area contributed by atoms with E-state index >= 15 is 0 Å². The number of fused-ring (bicyclic) bond motifs is 1. The molecule has 6 heteroatoms. The second-order valence-electron chi connectivity index (χ2n) is 6.28. The highest BCUT2D eigenvalue weighted by molar-refractivity contribution is 6.08. The van der Waals surface area contributed by atoms with Gasteiger partial charge in [0.05, 0.1) is 32.0 Å². The first-order valence-corrected chi connectivity index (χ1v) is 8.94. The van der Waals surface area contributed by atoms with E-state index in [-0.39, 0.29) is 5.91 Å². The molecule has 6 nitrogen and oxygen atoms in total. The van der Waals surface area contributed by atoms with Gasteiger partial charge in [-0.3, -0.25) is 4.79 Å². The van der Waals surface area contributed by atoms with Crippen molar-refractivity contribution in [1.82, 2.24) is 0 Å². The fourth-order valence-electron chi connectivity index (χ4n) is 3.19. The van der Waals surface area contributed by atoms with Crippen molar-refractivity contribution in [1.29, 1.82) is 0 Å². The monoisotopic (exact) mass is 354 g/mol. The third-order valence-corrected chi connectivity index (χ3v) is 4.51. The van der Waals surface area contributed by atoms with E-state index in [1.54, 1.807) is 0 Å². The molecule has 1 saturated heterocycles. The topological polar surface area (TPSA) is 60.0 Å². The quantitative estimate of drug-likeness (QED) is 0.918. The number of benzene rings is 2. The number of nitrogens with zero attached hydrogens (tertiary/aromatic N) is 1. The smallest absolute Gasteiger partial charge is 0.257 e. The van der Waals surface area contributed by atoms with Crippen LogP contribution in [0.5, 0.6) is 11.5 Å². The van der Waals surface area contributed by atoms with Crippen LogP contribution in [0.3, 0.4) is 0 Å². The first-order chi connectivity index (χ1) is 12.8. The summed E-state index contributed by atoms with van der Waals surface area (Å²) in [6.45, 7) is 4.19. The molecule has 2 aliphatic rings. The van der Waals surface area contributed by atoms with Gasteiger partial charge in [-0.2, -0.15) is 0 Å². The van der Waals surface area contributed by atoms with Gasteiger partial charge in [0.2, 0.25) is 0 Å². The highest BCUT2D eigenvalue weighted by atomic mass is 16.5. The van der Waals surface area contributed by atoms with Crippen molar-refractivity contribution in [2.45, 2.75) is 6.42 Å². The maximum absolute atomic E-state index is 12.9. The van der Waals surface area contributed by atoms with Crippen LogP contribution in [-0.4, -0.2) is 45.4 Å². The number of nitrogens with one attached hydrogen (secondary N) is 1. The molecule has 2 aliphatic heterocycles. The number of hydrogen-bond donors (Lipinski definition) is 1. The van der Waals surface area contributed by atoms with E-state index < -0.39 is 0 Å². The van der Waals surface area contributed by atoms with Crippen LogP contribution in [0.25, 0.3) is 0 Å². The molecular formula is C20H22N2O4. The molecule has 0 aliphatic carbocycles. The summed E-state index contributed by atoms with van der Waals surface area (Å²) in [5.74, 6) is 1.25. The molecule has 4 rings (SSSR count). The Hall–Kier alpha value is -2.73. The second-order valence-corrected chi connectivity index (χ2v) is 6.28. The highest BCUT2D eigenvalue weighted by Gasteiger charge is 2.19. The predicted octanol–water partition coefficient (Wildman–Crippen LogP) is 2.94. The Morgan fingerprint density at radius 1 is 0.923 bits per heavy atom. The lowest BCUT2D eigenvalue weighted by molar-refractivity contribution is 0.102. The van der Waals surface area contributed by atoms with Gasteiger partial charge in [-0.25, -0.2) is 0 Å². The van der Waals surface area contributed by atoms with Crippen LogP contribution in [0.15, 0.2) is 42.5 Å². The summed E-state index contributed by atoms with van der Waals surface area (Å²) < 4.78 is 16.7. The fourth-order valence-corrected chi connectivity index (χ4v) is 3.19. The molecule has 1 N–H and O–H groups in total. The van der Waals surface area contributed by atoms with Crippen molar-refractivity contribution in [2.24, 2.45) is 0 Å². The molecule has 136 valence electrons. The minimum atomic E-state index is -0.137. The van der Waals surface area contributed by atoms with Crippen molar-refractivity contribution in [3.63, 3.8) is 0 Å². The summed E-state index contributed by atoms with van der Waals surface area (Å²) in [7, 11) is 0. The number of ether oxygens (including phenoxy) is 3. The Labute approximate surface area is 152 Å². The molecule has 0 saturated carbocycles. The largest absolute Gasteiger partial charge is 0.490 e. The predicted molar refractivity (Wildman–Crippen MR) is 99.5 cm³/mol. The number of carbonyl (C=O) groups is 1. The molecule has 2 aromatic carbocycles. The molecule has 2 heterocycles. The van der Waals surface area contributed by atoms with Gasteiger partial charge in [0, 0.05) is 37.0 Å². The minimum Gasteiger partial charge on any atom is -0.490 e. The van der Waals surface area contributed by atoms with Gasteiger partial charge >= 0.3 is 0 Å². The number of morpholine rings is 1. The molecule has 0 atom stereocenters. The zero-order valence-electron chi connectivity index (χ0n) is 14.6. The average Bonchev–Trinajstić information content (AvgIpc) is 2.93. The Morgan fingerprint density at radius 2 is 1.69 bits per heavy atom. The first kappa shape index (κ1) is 16.7. The summed E-state index contributed by atoms with van der Waals surface area (Å²) in [6.07, 6.45) is 0.850. The SMILES string of the molecule is O=C(Nc1ccc2c(c1)OCCCO2)c1ccccc1N1CCOCC1. The summed E-state index contributed by atoms with van der Waals surface area (Å²) in [6, 6.07) is 13.2. The number of amides is 1. The zero-order chi connectivity index (χ0) is 17.8. The van der Waals surface area contributed by atoms with Crippen LogP contribution in [0.1, 0.15) is 16.8 Å². The van der Waals surface area contributed by atoms with Crippen molar-refractivity contribution in [2.75, 3.05) is 49.7 Å². The summed E-state index contributed by atoms with van der Waals surface area (Å²) in [4.78, 5) is 15.1. The van der Waals surface area contributed by atoms with E-state index in [2.05, 4.69) is 10.2 Å². The van der Waals surface area contributed by atoms with Gasteiger partial charge in [0.15, 0.2) is 11.5 Å². The molecule has 0 radical (unpaired) electrons. The maximum Gasteiger partial charge on any atom is 0.257 e. The maximum atomic E-state index is 12.9. The van der Waals surface area contributed by atoms with Gasteiger partial charge in [-0.1, -0.05) is 12.1 Å². The van der Waals surface area contributed by atoms with Gasteiger partial charge < -0.3 is 24.4 Å². The second kappa shape index (κ2) is 7.66. The van der Waals surface area contributed by atoms with Crippen molar-refractivity contribution in [3.05, 3.63) is 48.0 Å². The van der Waals surface area contributed by atoms with Crippen LogP contribution in [0.4, 0.5) is 11.4 Å². The van der Waals surface area contributed by atoms with Gasteiger partial charge in [-0.05, 0) is 24.3 Å². The molecule has 0 spiro atoms. The molecule has 0 unspecified atom stereocenters. The molecule has 0 bridgehead atoms. The van der Waals surface area contributed by atoms with E-state index in [9.17, 15) is 4.79 Å². The Balaban J connectivity index is 1.54. The van der Waals surface area contributed by atoms with E-state index in [0.717, 1.165) is 25.2 Å². The third kappa shape index (κ3) is 3.60. The third-order valence-electron chi connectivity index (χ3n) is 4.51. The first-order valence-electron chi connectivity index (χ1n) is 8.94.